The molecule has 1 aromatic carbocycles. The zero-order valence-electron chi connectivity index (χ0n) is 16.1. The molecule has 0 unspecified atom stereocenters. The molecule has 0 aliphatic carbocycles. The lowest BCUT2D eigenvalue weighted by molar-refractivity contribution is 0.00589. The summed E-state index contributed by atoms with van der Waals surface area (Å²) in [4.78, 5) is 16.0. The maximum atomic E-state index is 13.3. The minimum absolute atomic E-state index is 0.191. The average molecular weight is 364 g/mol. The van der Waals surface area contributed by atoms with Crippen LogP contribution < -0.4 is 5.56 Å². The first-order chi connectivity index (χ1) is 13.2. The predicted octanol–water partition coefficient (Wildman–Crippen LogP) is 3.42. The van der Waals surface area contributed by atoms with Gasteiger partial charge in [0.1, 0.15) is 0 Å². The van der Waals surface area contributed by atoms with Gasteiger partial charge in [-0.1, -0.05) is 24.3 Å². The van der Waals surface area contributed by atoms with Crippen LogP contribution in [0, 0.1) is 12.8 Å². The Morgan fingerprint density at radius 2 is 1.78 bits per heavy atom. The molecule has 2 aromatic rings. The van der Waals surface area contributed by atoms with E-state index in [-0.39, 0.29) is 5.56 Å². The molecular formula is C23H28N2O2. The van der Waals surface area contributed by atoms with Crippen molar-refractivity contribution < 1.29 is 4.74 Å². The number of benzene rings is 1. The van der Waals surface area contributed by atoms with Crippen molar-refractivity contribution in [3.8, 4) is 11.1 Å². The van der Waals surface area contributed by atoms with Gasteiger partial charge in [-0.05, 0) is 55.4 Å². The van der Waals surface area contributed by atoms with Gasteiger partial charge in [-0.3, -0.25) is 9.69 Å². The van der Waals surface area contributed by atoms with Crippen molar-refractivity contribution in [3.63, 3.8) is 0 Å². The second-order valence-corrected chi connectivity index (χ2v) is 8.50. The first kappa shape index (κ1) is 17.2. The molecule has 2 saturated heterocycles. The molecule has 2 atom stereocenters. The molecule has 3 aliphatic heterocycles. The molecule has 2 fully saturated rings. The number of ether oxygens (including phenoxy) is 1. The van der Waals surface area contributed by atoms with E-state index in [1.54, 1.807) is 0 Å². The molecule has 3 aliphatic rings. The van der Waals surface area contributed by atoms with Crippen LogP contribution in [0.3, 0.4) is 0 Å². The zero-order valence-corrected chi connectivity index (χ0v) is 16.1. The first-order valence-corrected chi connectivity index (χ1v) is 10.3. The first-order valence-electron chi connectivity index (χ1n) is 10.3. The standard InChI is InChI=1S/C23H28N2O2/c1-16-4-2-3-5-20(16)21-6-7-22-18-12-17(14-25(22)23(21)26)13-24(15-18)19-8-10-27-11-9-19/h2-7,17-19H,8-15H2,1H3/t17-,18+/m0/s1. The number of fused-ring (bicyclic) bond motifs is 4. The summed E-state index contributed by atoms with van der Waals surface area (Å²) in [5, 5.41) is 0. The number of pyridine rings is 1. The molecule has 4 heterocycles. The lowest BCUT2D eigenvalue weighted by Crippen LogP contribution is -2.51. The summed E-state index contributed by atoms with van der Waals surface area (Å²) >= 11 is 0. The normalized spacial score (nSPS) is 26.0. The third kappa shape index (κ3) is 3.05. The van der Waals surface area contributed by atoms with E-state index in [9.17, 15) is 4.79 Å². The van der Waals surface area contributed by atoms with Crippen molar-refractivity contribution in [1.82, 2.24) is 9.47 Å². The van der Waals surface area contributed by atoms with Crippen LogP contribution >= 0.6 is 0 Å². The molecular weight excluding hydrogens is 336 g/mol. The van der Waals surface area contributed by atoms with E-state index in [4.69, 9.17) is 4.74 Å². The highest BCUT2D eigenvalue weighted by Crippen LogP contribution is 2.37. The average Bonchev–Trinajstić information content (AvgIpc) is 2.70. The summed E-state index contributed by atoms with van der Waals surface area (Å²) in [6, 6.07) is 13.1. The van der Waals surface area contributed by atoms with Gasteiger partial charge < -0.3 is 9.30 Å². The number of rotatable bonds is 2. The fourth-order valence-corrected chi connectivity index (χ4v) is 5.41. The fourth-order valence-electron chi connectivity index (χ4n) is 5.41. The maximum absolute atomic E-state index is 13.3. The van der Waals surface area contributed by atoms with Gasteiger partial charge in [-0.2, -0.15) is 0 Å². The van der Waals surface area contributed by atoms with Crippen molar-refractivity contribution in [1.29, 1.82) is 0 Å². The molecule has 5 rings (SSSR count). The van der Waals surface area contributed by atoms with Crippen LogP contribution in [0.15, 0.2) is 41.2 Å². The number of aromatic nitrogens is 1. The lowest BCUT2D eigenvalue weighted by Gasteiger charge is -2.46. The molecule has 0 saturated carbocycles. The molecule has 0 radical (unpaired) electrons. The van der Waals surface area contributed by atoms with Gasteiger partial charge in [0.2, 0.25) is 0 Å². The molecule has 0 spiro atoms. The van der Waals surface area contributed by atoms with E-state index in [1.165, 1.54) is 12.1 Å². The molecule has 1 aromatic heterocycles. The summed E-state index contributed by atoms with van der Waals surface area (Å²) in [7, 11) is 0. The van der Waals surface area contributed by atoms with Crippen LogP contribution in [-0.4, -0.2) is 41.8 Å². The van der Waals surface area contributed by atoms with Crippen molar-refractivity contribution in [2.75, 3.05) is 26.3 Å². The Kier molecular flexibility index (Phi) is 4.41. The minimum atomic E-state index is 0.191. The summed E-state index contributed by atoms with van der Waals surface area (Å²) in [5.41, 5.74) is 4.51. The SMILES string of the molecule is Cc1ccccc1-c1ccc2n(c1=O)C[C@H]1C[C@@H]2CN(C2CCOCC2)C1. The molecule has 0 N–H and O–H groups in total. The smallest absolute Gasteiger partial charge is 0.258 e. The van der Waals surface area contributed by atoms with Crippen molar-refractivity contribution in [2.24, 2.45) is 5.92 Å². The Morgan fingerprint density at radius 1 is 0.963 bits per heavy atom. The predicted molar refractivity (Wildman–Crippen MR) is 107 cm³/mol. The van der Waals surface area contributed by atoms with Gasteiger partial charge in [-0.25, -0.2) is 0 Å². The fraction of sp³-hybridized carbons (Fsp3) is 0.522. The van der Waals surface area contributed by atoms with E-state index >= 15 is 0 Å². The highest BCUT2D eigenvalue weighted by molar-refractivity contribution is 5.66. The summed E-state index contributed by atoms with van der Waals surface area (Å²) < 4.78 is 7.63. The second-order valence-electron chi connectivity index (χ2n) is 8.50. The Bertz CT molecular complexity index is 897. The molecule has 4 heteroatoms. The highest BCUT2D eigenvalue weighted by atomic mass is 16.5. The molecule has 27 heavy (non-hydrogen) atoms. The van der Waals surface area contributed by atoms with Crippen molar-refractivity contribution >= 4 is 0 Å². The van der Waals surface area contributed by atoms with Gasteiger partial charge in [0, 0.05) is 56.1 Å². The monoisotopic (exact) mass is 364 g/mol. The van der Waals surface area contributed by atoms with Crippen LogP contribution in [0.5, 0.6) is 0 Å². The summed E-state index contributed by atoms with van der Waals surface area (Å²) in [5.74, 6) is 1.07. The molecule has 2 bridgehead atoms. The minimum Gasteiger partial charge on any atom is -0.381 e. The van der Waals surface area contributed by atoms with Gasteiger partial charge in [0.25, 0.3) is 5.56 Å². The maximum Gasteiger partial charge on any atom is 0.258 e. The second kappa shape index (κ2) is 6.92. The largest absolute Gasteiger partial charge is 0.381 e. The summed E-state index contributed by atoms with van der Waals surface area (Å²) in [6.07, 6.45) is 3.53. The third-order valence-corrected chi connectivity index (χ3v) is 6.77. The quantitative estimate of drug-likeness (QED) is 0.819. The highest BCUT2D eigenvalue weighted by Gasteiger charge is 2.37. The Hall–Kier alpha value is -1.91. The number of hydrogen-bond donors (Lipinski definition) is 0. The van der Waals surface area contributed by atoms with E-state index in [0.717, 1.165) is 62.4 Å². The van der Waals surface area contributed by atoms with Crippen molar-refractivity contribution in [2.45, 2.75) is 44.7 Å². The Morgan fingerprint density at radius 3 is 2.59 bits per heavy atom. The molecule has 0 amide bonds. The van der Waals surface area contributed by atoms with E-state index in [0.29, 0.717) is 17.9 Å². The Balaban J connectivity index is 1.48. The van der Waals surface area contributed by atoms with Gasteiger partial charge >= 0.3 is 0 Å². The van der Waals surface area contributed by atoms with Gasteiger partial charge in [-0.15, -0.1) is 0 Å². The Labute approximate surface area is 160 Å². The zero-order chi connectivity index (χ0) is 18.4. The molecule has 4 nitrogen and oxygen atoms in total. The van der Waals surface area contributed by atoms with Gasteiger partial charge in [0.15, 0.2) is 0 Å². The molecule has 142 valence electrons. The van der Waals surface area contributed by atoms with E-state index in [2.05, 4.69) is 40.7 Å². The van der Waals surface area contributed by atoms with E-state index < -0.39 is 0 Å². The number of nitrogens with zero attached hydrogens (tertiary/aromatic N) is 2. The number of likely N-dealkylation sites (tertiary alicyclic amines) is 1. The third-order valence-electron chi connectivity index (χ3n) is 6.77. The number of piperidine rings is 1. The number of hydrogen-bond acceptors (Lipinski definition) is 3. The van der Waals surface area contributed by atoms with Crippen molar-refractivity contribution in [3.05, 3.63) is 58.0 Å². The van der Waals surface area contributed by atoms with Crippen LogP contribution in [0.25, 0.3) is 11.1 Å². The lowest BCUT2D eigenvalue weighted by atomic mass is 9.81. The topological polar surface area (TPSA) is 34.5 Å². The summed E-state index contributed by atoms with van der Waals surface area (Å²) in [6.45, 7) is 6.95. The number of aryl methyl sites for hydroxylation is 1. The van der Waals surface area contributed by atoms with Crippen LogP contribution in [0.2, 0.25) is 0 Å². The van der Waals surface area contributed by atoms with E-state index in [1.807, 2.05) is 12.1 Å². The van der Waals surface area contributed by atoms with Crippen LogP contribution in [-0.2, 0) is 11.3 Å². The van der Waals surface area contributed by atoms with Crippen LogP contribution in [0.1, 0.15) is 36.4 Å². The van der Waals surface area contributed by atoms with Gasteiger partial charge in [0.05, 0.1) is 0 Å². The van der Waals surface area contributed by atoms with Crippen LogP contribution in [0.4, 0.5) is 0 Å².